The Morgan fingerprint density at radius 1 is 1.23 bits per heavy atom. The number of thioether (sulfide) groups is 2. The van der Waals surface area contributed by atoms with Gasteiger partial charge in [-0.15, -0.1) is 45.1 Å². The highest BCUT2D eigenvalue weighted by molar-refractivity contribution is 8.02. The van der Waals surface area contributed by atoms with E-state index >= 15 is 0 Å². The Labute approximate surface area is 243 Å². The van der Waals surface area contributed by atoms with E-state index in [1.807, 2.05) is 66.7 Å². The van der Waals surface area contributed by atoms with Crippen LogP contribution in [-0.2, 0) is 14.3 Å². The number of ether oxygens (including phenoxy) is 1. The molecule has 3 aromatic rings. The van der Waals surface area contributed by atoms with Crippen LogP contribution in [0.3, 0.4) is 0 Å². The lowest BCUT2D eigenvalue weighted by atomic mass is 10.0. The van der Waals surface area contributed by atoms with Gasteiger partial charge < -0.3 is 10.1 Å². The summed E-state index contributed by atoms with van der Waals surface area (Å²) in [6, 6.07) is 20.7. The van der Waals surface area contributed by atoms with Gasteiger partial charge in [-0.05, 0) is 28.8 Å². The van der Waals surface area contributed by atoms with Gasteiger partial charge in [-0.1, -0.05) is 60.7 Å². The fourth-order valence-corrected chi connectivity index (χ4v) is 7.08. The summed E-state index contributed by atoms with van der Waals surface area (Å²) in [6.07, 6.45) is 0.817. The summed E-state index contributed by atoms with van der Waals surface area (Å²) in [7, 11) is 0. The number of carbonyl (C=O) groups excluding carboxylic acids is 2. The average Bonchev–Trinajstić information content (AvgIpc) is 3.52. The third kappa shape index (κ3) is 5.91. The average molecular weight is 592 g/mol. The van der Waals surface area contributed by atoms with Crippen LogP contribution < -0.4 is 5.32 Å². The summed E-state index contributed by atoms with van der Waals surface area (Å²) in [5.41, 5.74) is 4.75. The standard InChI is InChI=1S/C27H21N5O3S4/c28-12-7-13-37-15-20(33)30-21-25(34)32-22(19(14-38-26(21)32)24-31-29-16-39-24)27(36)35-23(17-8-3-1-4-9-17)18-10-5-2-6-11-18/h1-11,13,16,21,23,26H,14-15H2,(H,30,33)/b13-7-/t21-,26-/m1/s1. The van der Waals surface area contributed by atoms with Crippen molar-refractivity contribution in [3.8, 4) is 6.07 Å². The number of hydrogen-bond donors (Lipinski definition) is 1. The highest BCUT2D eigenvalue weighted by Gasteiger charge is 2.54. The van der Waals surface area contributed by atoms with Gasteiger partial charge in [-0.3, -0.25) is 14.5 Å². The number of hydrogen-bond acceptors (Lipinski definition) is 10. The summed E-state index contributed by atoms with van der Waals surface area (Å²) in [4.78, 5) is 27.5. The first-order chi connectivity index (χ1) is 19.1. The molecule has 1 saturated heterocycles. The van der Waals surface area contributed by atoms with Crippen LogP contribution in [0.2, 0.25) is 0 Å². The second-order valence-corrected chi connectivity index (χ2v) is 11.6. The third-order valence-corrected chi connectivity index (χ3v) is 9.06. The minimum absolute atomic E-state index is 0.107. The number of rotatable bonds is 9. The Morgan fingerprint density at radius 3 is 2.54 bits per heavy atom. The van der Waals surface area contributed by atoms with Gasteiger partial charge in [0.15, 0.2) is 0 Å². The molecule has 2 aliphatic rings. The summed E-state index contributed by atoms with van der Waals surface area (Å²) in [5, 5.41) is 21.7. The first-order valence-corrected chi connectivity index (χ1v) is 15.2. The predicted octanol–water partition coefficient (Wildman–Crippen LogP) is 4.55. The van der Waals surface area contributed by atoms with Crippen molar-refractivity contribution in [2.45, 2.75) is 17.5 Å². The van der Waals surface area contributed by atoms with Crippen LogP contribution >= 0.6 is 47.1 Å². The Hall–Kier alpha value is -3.50. The number of β-lactam (4-membered cyclic amide) rings is 1. The van der Waals surface area contributed by atoms with E-state index in [0.29, 0.717) is 16.5 Å². The quantitative estimate of drug-likeness (QED) is 0.218. The molecule has 39 heavy (non-hydrogen) atoms. The summed E-state index contributed by atoms with van der Waals surface area (Å²) >= 11 is 9.96. The maximum Gasteiger partial charge on any atom is 0.253 e. The number of allylic oxidation sites excluding steroid dienone is 1. The SMILES string of the molecule is N#C/C=C\SCC(=O)N[C@@H]1C(=O)N2C(C(=S)OC(c3ccccc3)c3ccccc3)=C(c3nncs3)CS[C@H]12. The molecule has 2 aliphatic heterocycles. The zero-order valence-electron chi connectivity index (χ0n) is 20.3. The first-order valence-electron chi connectivity index (χ1n) is 11.8. The lowest BCUT2D eigenvalue weighted by Gasteiger charge is -2.50. The fraction of sp³-hybridized carbons (Fsp3) is 0.185. The van der Waals surface area contributed by atoms with Gasteiger partial charge in [0, 0.05) is 17.4 Å². The van der Waals surface area contributed by atoms with Crippen molar-refractivity contribution in [3.63, 3.8) is 0 Å². The molecule has 2 aromatic carbocycles. The minimum Gasteiger partial charge on any atom is -0.469 e. The molecule has 0 radical (unpaired) electrons. The molecule has 0 saturated carbocycles. The molecule has 2 atom stereocenters. The number of nitriles is 1. The lowest BCUT2D eigenvalue weighted by molar-refractivity contribution is -0.145. The third-order valence-electron chi connectivity index (χ3n) is 5.98. The van der Waals surface area contributed by atoms with Gasteiger partial charge in [-0.2, -0.15) is 5.26 Å². The monoisotopic (exact) mass is 591 g/mol. The molecule has 0 aliphatic carbocycles. The maximum absolute atomic E-state index is 13.4. The van der Waals surface area contributed by atoms with Crippen LogP contribution in [0.15, 0.2) is 83.4 Å². The van der Waals surface area contributed by atoms with E-state index in [1.165, 1.54) is 40.9 Å². The summed E-state index contributed by atoms with van der Waals surface area (Å²) in [5.74, 6) is 0.0800. The van der Waals surface area contributed by atoms with Crippen molar-refractivity contribution in [3.05, 3.63) is 99.5 Å². The van der Waals surface area contributed by atoms with Crippen molar-refractivity contribution in [1.29, 1.82) is 5.26 Å². The number of benzene rings is 2. The molecule has 1 aromatic heterocycles. The summed E-state index contributed by atoms with van der Waals surface area (Å²) < 4.78 is 6.49. The predicted molar refractivity (Wildman–Crippen MR) is 157 cm³/mol. The Bertz CT molecular complexity index is 1420. The normalized spacial score (nSPS) is 18.5. The van der Waals surface area contributed by atoms with Crippen LogP contribution in [0.4, 0.5) is 0 Å². The zero-order valence-corrected chi connectivity index (χ0v) is 23.6. The smallest absolute Gasteiger partial charge is 0.253 e. The fourth-order valence-electron chi connectivity index (χ4n) is 4.24. The van der Waals surface area contributed by atoms with E-state index < -0.39 is 12.1 Å². The molecule has 8 nitrogen and oxygen atoms in total. The molecule has 5 rings (SSSR count). The Kier molecular flexibility index (Phi) is 8.73. The highest BCUT2D eigenvalue weighted by Crippen LogP contribution is 2.45. The van der Waals surface area contributed by atoms with Crippen molar-refractivity contribution < 1.29 is 14.3 Å². The molecule has 2 amide bonds. The Balaban J connectivity index is 1.42. The summed E-state index contributed by atoms with van der Waals surface area (Å²) in [6.45, 7) is 0. The lowest BCUT2D eigenvalue weighted by Crippen LogP contribution is -2.70. The second kappa shape index (κ2) is 12.6. The molecule has 3 heterocycles. The second-order valence-electron chi connectivity index (χ2n) is 8.38. The molecule has 12 heteroatoms. The van der Waals surface area contributed by atoms with Crippen LogP contribution in [0.25, 0.3) is 5.57 Å². The number of fused-ring (bicyclic) bond motifs is 1. The largest absolute Gasteiger partial charge is 0.469 e. The van der Waals surface area contributed by atoms with Gasteiger partial charge >= 0.3 is 0 Å². The molecule has 0 spiro atoms. The van der Waals surface area contributed by atoms with Gasteiger partial charge in [0.05, 0.1) is 11.8 Å². The zero-order chi connectivity index (χ0) is 27.2. The molecule has 1 fully saturated rings. The number of aromatic nitrogens is 2. The van der Waals surface area contributed by atoms with E-state index in [9.17, 15) is 9.59 Å². The van der Waals surface area contributed by atoms with Gasteiger partial charge in [-0.25, -0.2) is 0 Å². The minimum atomic E-state index is -0.684. The van der Waals surface area contributed by atoms with Crippen LogP contribution in [0.5, 0.6) is 0 Å². The number of carbonyl (C=O) groups is 2. The van der Waals surface area contributed by atoms with Gasteiger partial charge in [0.1, 0.15) is 33.7 Å². The van der Waals surface area contributed by atoms with Crippen LogP contribution in [0, 0.1) is 11.3 Å². The van der Waals surface area contributed by atoms with E-state index in [0.717, 1.165) is 16.7 Å². The van der Waals surface area contributed by atoms with E-state index in [4.69, 9.17) is 22.2 Å². The van der Waals surface area contributed by atoms with Crippen molar-refractivity contribution in [1.82, 2.24) is 20.4 Å². The topological polar surface area (TPSA) is 108 Å². The van der Waals surface area contributed by atoms with Crippen molar-refractivity contribution in [2.24, 2.45) is 0 Å². The molecule has 1 N–H and O–H groups in total. The van der Waals surface area contributed by atoms with Crippen molar-refractivity contribution in [2.75, 3.05) is 11.5 Å². The number of nitrogens with one attached hydrogen (secondary N) is 1. The maximum atomic E-state index is 13.4. The molecule has 0 unspecified atom stereocenters. The highest BCUT2D eigenvalue weighted by atomic mass is 32.2. The molecular formula is C27H21N5O3S4. The molecule has 0 bridgehead atoms. The van der Waals surface area contributed by atoms with E-state index in [-0.39, 0.29) is 28.0 Å². The van der Waals surface area contributed by atoms with Crippen LogP contribution in [0.1, 0.15) is 22.2 Å². The van der Waals surface area contributed by atoms with Gasteiger partial charge in [0.25, 0.3) is 5.91 Å². The Morgan fingerprint density at radius 2 is 1.92 bits per heavy atom. The molecule has 196 valence electrons. The van der Waals surface area contributed by atoms with Crippen LogP contribution in [-0.4, -0.2) is 54.9 Å². The van der Waals surface area contributed by atoms with Crippen molar-refractivity contribution >= 4 is 69.5 Å². The number of amides is 2. The first kappa shape index (κ1) is 27.1. The van der Waals surface area contributed by atoms with E-state index in [2.05, 4.69) is 15.5 Å². The molecular weight excluding hydrogens is 571 g/mol. The number of nitrogens with zero attached hydrogens (tertiary/aromatic N) is 4. The number of thiocarbonyl (C=S) groups is 1. The van der Waals surface area contributed by atoms with Gasteiger partial charge in [0.2, 0.25) is 11.0 Å². The van der Waals surface area contributed by atoms with E-state index in [1.54, 1.807) is 15.8 Å².